The Kier molecular flexibility index (Phi) is 804. The van der Waals surface area contributed by atoms with Gasteiger partial charge in [-0.2, -0.15) is 0 Å². The summed E-state index contributed by atoms with van der Waals surface area (Å²) in [5.74, 6) is 0. The first-order valence-electron chi connectivity index (χ1n) is 0. The number of hydrogen-bond donors (Lipinski definition) is 0. The van der Waals surface area contributed by atoms with Gasteiger partial charge in [0.2, 0.25) is 0 Å². The molecule has 0 saturated heterocycles. The summed E-state index contributed by atoms with van der Waals surface area (Å²) in [5.41, 5.74) is 0. The summed E-state index contributed by atoms with van der Waals surface area (Å²) in [7, 11) is 0. The Morgan fingerprint density at radius 1 is 0.500 bits per heavy atom. The van der Waals surface area contributed by atoms with Gasteiger partial charge in [0.25, 0.3) is 0 Å². The van der Waals surface area contributed by atoms with Crippen LogP contribution >= 0.6 is 29.7 Å². The zero-order valence-corrected chi connectivity index (χ0v) is 8.27. The Balaban J connectivity index is 0. The van der Waals surface area contributed by atoms with E-state index in [1.54, 1.807) is 0 Å². The van der Waals surface area contributed by atoms with Crippen LogP contribution in [0.5, 0.6) is 0 Å². The topological polar surface area (TPSA) is 0 Å². The van der Waals surface area contributed by atoms with Crippen LogP contribution in [0.1, 0.15) is 0 Å². The van der Waals surface area contributed by atoms with E-state index in [1.807, 2.05) is 0 Å². The number of rotatable bonds is 0. The molecular weight excluding hydrogens is 213 g/mol. The maximum atomic E-state index is 0. The average molecular weight is 213 g/mol. The summed E-state index contributed by atoms with van der Waals surface area (Å²) in [6.45, 7) is 0. The maximum Gasteiger partial charge on any atom is 4.00 e. The summed E-state index contributed by atoms with van der Waals surface area (Å²) in [6.07, 6.45) is 0. The van der Waals surface area contributed by atoms with Crippen molar-refractivity contribution in [1.82, 2.24) is 0 Å². The Hall–Kier alpha value is 2.24. The Morgan fingerprint density at radius 3 is 0.500 bits per heavy atom. The van der Waals surface area contributed by atoms with E-state index in [2.05, 4.69) is 0 Å². The fraction of sp³-hybridized carbons (Fsp3) is 0. The Morgan fingerprint density at radius 2 is 0.500 bits per heavy atom. The molecular formula is CuP3Si2. The van der Waals surface area contributed by atoms with Gasteiger partial charge < -0.3 is 29.7 Å². The van der Waals surface area contributed by atoms with Crippen LogP contribution in [0.3, 0.4) is 0 Å². The van der Waals surface area contributed by atoms with Gasteiger partial charge in [-0.1, -0.05) is 0 Å². The molecule has 0 aliphatic rings. The Bertz CT molecular complexity index is 8.75. The SMILES string of the molecule is [Cu+].[P-3].[P-3].[P-3].[Si+4].[Si+4]. The molecule has 0 bridgehead atoms. The van der Waals surface area contributed by atoms with E-state index < -0.39 is 0 Å². The van der Waals surface area contributed by atoms with Gasteiger partial charge >= 0.3 is 39.0 Å². The van der Waals surface area contributed by atoms with Crippen LogP contribution in [-0.2, 0) is 17.1 Å². The monoisotopic (exact) mass is 212 g/mol. The quantitative estimate of drug-likeness (QED) is 0.425. The zero-order chi connectivity index (χ0) is 0. The fourth-order valence-corrected chi connectivity index (χ4v) is 0. The molecule has 0 radical (unpaired) electrons. The molecule has 6 heavy (non-hydrogen) atoms. The molecule has 0 N–H and O–H groups in total. The molecule has 0 aromatic heterocycles. The van der Waals surface area contributed by atoms with E-state index in [-0.39, 0.29) is 68.7 Å². The molecule has 0 nitrogen and oxygen atoms in total. The summed E-state index contributed by atoms with van der Waals surface area (Å²) in [6, 6.07) is 0. The van der Waals surface area contributed by atoms with Gasteiger partial charge in [0.05, 0.1) is 0 Å². The summed E-state index contributed by atoms with van der Waals surface area (Å²) in [5, 5.41) is 0. The molecule has 34 valence electrons. The molecule has 0 rings (SSSR count). The van der Waals surface area contributed by atoms with Crippen molar-refractivity contribution < 1.29 is 17.1 Å². The maximum absolute atomic E-state index is 0. The predicted octanol–water partition coefficient (Wildman–Crippen LogP) is 1.82. The van der Waals surface area contributed by atoms with Gasteiger partial charge in [0.1, 0.15) is 0 Å². The van der Waals surface area contributed by atoms with Crippen LogP contribution in [0.15, 0.2) is 0 Å². The van der Waals surface area contributed by atoms with Crippen LogP contribution in [0.25, 0.3) is 0 Å². The normalized spacial score (nSPS) is 0. The molecule has 0 aliphatic heterocycles. The Labute approximate surface area is 68.8 Å². The molecule has 0 amide bonds. The summed E-state index contributed by atoms with van der Waals surface area (Å²) in [4.78, 5) is 0. The predicted molar refractivity (Wildman–Crippen MR) is 32.3 cm³/mol. The van der Waals surface area contributed by atoms with Gasteiger partial charge in [-0.05, 0) is 0 Å². The molecule has 0 aliphatic carbocycles. The second-order valence-corrected chi connectivity index (χ2v) is 0. The van der Waals surface area contributed by atoms with E-state index in [4.69, 9.17) is 0 Å². The van der Waals surface area contributed by atoms with E-state index in [0.29, 0.717) is 0 Å². The van der Waals surface area contributed by atoms with E-state index >= 15 is 0 Å². The molecule has 0 unspecified atom stereocenters. The van der Waals surface area contributed by atoms with E-state index in [0.717, 1.165) is 0 Å². The molecule has 0 heterocycles. The molecule has 0 aromatic carbocycles. The van der Waals surface area contributed by atoms with Crippen molar-refractivity contribution in [2.24, 2.45) is 0 Å². The minimum atomic E-state index is 0. The van der Waals surface area contributed by atoms with Gasteiger partial charge in [-0.25, -0.2) is 0 Å². The second kappa shape index (κ2) is 56.1. The smallest absolute Gasteiger partial charge is 3.00 e. The van der Waals surface area contributed by atoms with E-state index in [9.17, 15) is 0 Å². The standard InChI is InChI=1S/Cu.3P.2Si/q+1;3*-3;2*+4. The minimum Gasteiger partial charge on any atom is -3.00 e. The van der Waals surface area contributed by atoms with Crippen molar-refractivity contribution in [3.8, 4) is 0 Å². The molecule has 0 saturated carbocycles. The van der Waals surface area contributed by atoms with Crippen molar-refractivity contribution in [3.63, 3.8) is 0 Å². The first kappa shape index (κ1) is 85.9. The van der Waals surface area contributed by atoms with Crippen molar-refractivity contribution >= 4 is 51.6 Å². The van der Waals surface area contributed by atoms with Crippen LogP contribution in [0.2, 0.25) is 0 Å². The molecule has 0 fully saturated rings. The first-order valence-corrected chi connectivity index (χ1v) is 0. The first-order chi connectivity index (χ1) is 0. The zero-order valence-electron chi connectivity index (χ0n) is 2.64. The minimum absolute atomic E-state index is 0. The second-order valence-electron chi connectivity index (χ2n) is 0. The number of hydrogen-bond acceptors (Lipinski definition) is 0. The van der Waals surface area contributed by atoms with Gasteiger partial charge in [0.15, 0.2) is 0 Å². The van der Waals surface area contributed by atoms with Gasteiger partial charge in [-0.15, -0.1) is 0 Å². The summed E-state index contributed by atoms with van der Waals surface area (Å²) < 4.78 is 0. The molecule has 0 aromatic rings. The van der Waals surface area contributed by atoms with Crippen molar-refractivity contribution in [2.45, 2.75) is 0 Å². The average Bonchev–Trinajstić information content (AvgIpc) is 0. The third-order valence-electron chi connectivity index (χ3n) is 0. The molecule has 6 heteroatoms. The fourth-order valence-electron chi connectivity index (χ4n) is 0. The van der Waals surface area contributed by atoms with Crippen molar-refractivity contribution in [2.75, 3.05) is 0 Å². The van der Waals surface area contributed by atoms with Crippen molar-refractivity contribution in [3.05, 3.63) is 0 Å². The van der Waals surface area contributed by atoms with Crippen LogP contribution in [0.4, 0.5) is 0 Å². The van der Waals surface area contributed by atoms with Crippen LogP contribution in [-0.4, -0.2) is 21.9 Å². The van der Waals surface area contributed by atoms with E-state index in [1.165, 1.54) is 0 Å². The largest absolute Gasteiger partial charge is 4.00 e. The molecule has 0 atom stereocenters. The van der Waals surface area contributed by atoms with Gasteiger partial charge in [-0.3, -0.25) is 0 Å². The molecule has 0 spiro atoms. The third-order valence-corrected chi connectivity index (χ3v) is 0. The van der Waals surface area contributed by atoms with Crippen LogP contribution < -0.4 is 0 Å². The van der Waals surface area contributed by atoms with Crippen molar-refractivity contribution in [1.29, 1.82) is 0 Å². The van der Waals surface area contributed by atoms with Crippen LogP contribution in [0, 0.1) is 0 Å². The summed E-state index contributed by atoms with van der Waals surface area (Å²) >= 11 is 0. The third kappa shape index (κ3) is 34.1. The van der Waals surface area contributed by atoms with Gasteiger partial charge in [0, 0.05) is 0 Å².